The molecule has 8 nitrogen and oxygen atoms in total. The summed E-state index contributed by atoms with van der Waals surface area (Å²) in [5.74, 6) is -2.12. The van der Waals surface area contributed by atoms with E-state index in [1.54, 1.807) is 22.9 Å². The van der Waals surface area contributed by atoms with Crippen molar-refractivity contribution in [3.05, 3.63) is 48.7 Å². The average molecular weight is 437 g/mol. The highest BCUT2D eigenvalue weighted by Gasteiger charge is 2.38. The van der Waals surface area contributed by atoms with Gasteiger partial charge in [-0.3, -0.25) is 9.20 Å². The van der Waals surface area contributed by atoms with Crippen LogP contribution in [0.2, 0.25) is 0 Å². The Morgan fingerprint density at radius 2 is 1.68 bits per heavy atom. The molecule has 11 heteroatoms. The number of aromatic nitrogens is 4. The molecule has 0 aliphatic heterocycles. The number of hydrogen-bond acceptors (Lipinski definition) is 5. The number of halogens is 3. The van der Waals surface area contributed by atoms with Gasteiger partial charge in [0, 0.05) is 24.6 Å². The van der Waals surface area contributed by atoms with Crippen LogP contribution >= 0.6 is 0 Å². The van der Waals surface area contributed by atoms with Gasteiger partial charge in [-0.25, -0.2) is 19.7 Å². The number of amides is 1. The second-order valence-electron chi connectivity index (χ2n) is 7.68. The van der Waals surface area contributed by atoms with Crippen molar-refractivity contribution in [1.29, 1.82) is 0 Å². The van der Waals surface area contributed by atoms with E-state index in [4.69, 9.17) is 9.90 Å². The molecule has 31 heavy (non-hydrogen) atoms. The Morgan fingerprint density at radius 3 is 2.19 bits per heavy atom. The Bertz CT molecular complexity index is 1060. The Labute approximate surface area is 176 Å². The van der Waals surface area contributed by atoms with Gasteiger partial charge in [0.25, 0.3) is 5.91 Å². The lowest BCUT2D eigenvalue weighted by Crippen LogP contribution is -2.42. The Morgan fingerprint density at radius 1 is 1.10 bits per heavy atom. The SMILES string of the molecule is CC(NC(=O)c1nc(-c2ncccn2)c2ccccn12)C(C)(C)C.O=C(O)C(F)(F)F. The first-order valence-electron chi connectivity index (χ1n) is 9.18. The number of pyridine rings is 1. The first kappa shape index (κ1) is 23.8. The first-order chi connectivity index (χ1) is 14.3. The molecule has 0 aromatic carbocycles. The summed E-state index contributed by atoms with van der Waals surface area (Å²) in [5, 5.41) is 10.2. The molecule has 0 bridgehead atoms. The van der Waals surface area contributed by atoms with E-state index in [1.807, 2.05) is 31.3 Å². The number of aliphatic carboxylic acids is 1. The van der Waals surface area contributed by atoms with Crippen molar-refractivity contribution >= 4 is 17.4 Å². The van der Waals surface area contributed by atoms with Gasteiger partial charge in [0.2, 0.25) is 5.82 Å². The van der Waals surface area contributed by atoms with E-state index < -0.39 is 12.1 Å². The summed E-state index contributed by atoms with van der Waals surface area (Å²) < 4.78 is 33.5. The molecule has 0 radical (unpaired) electrons. The standard InChI is InChI=1S/C18H21N5O.C2HF3O2/c1-12(18(2,3)4)21-17(24)16-22-14(15-19-9-7-10-20-15)13-8-5-6-11-23(13)16;3-2(4,5)1(6)7/h5-12H,1-4H3,(H,21,24);(H,6,7). The van der Waals surface area contributed by atoms with Gasteiger partial charge in [-0.05, 0) is 30.5 Å². The van der Waals surface area contributed by atoms with Crippen molar-refractivity contribution in [3.63, 3.8) is 0 Å². The number of nitrogens with zero attached hydrogens (tertiary/aromatic N) is 4. The van der Waals surface area contributed by atoms with Crippen molar-refractivity contribution in [1.82, 2.24) is 24.7 Å². The third-order valence-corrected chi connectivity index (χ3v) is 4.42. The zero-order valence-corrected chi connectivity index (χ0v) is 17.3. The number of hydrogen-bond donors (Lipinski definition) is 2. The minimum Gasteiger partial charge on any atom is -0.475 e. The molecule has 0 aliphatic rings. The summed E-state index contributed by atoms with van der Waals surface area (Å²) in [5.41, 5.74) is 1.37. The molecule has 3 aromatic heterocycles. The van der Waals surface area contributed by atoms with Crippen LogP contribution in [0.4, 0.5) is 13.2 Å². The summed E-state index contributed by atoms with van der Waals surface area (Å²) in [6.45, 7) is 8.26. The van der Waals surface area contributed by atoms with E-state index in [2.05, 4.69) is 41.0 Å². The number of imidazole rings is 1. The van der Waals surface area contributed by atoms with E-state index in [1.165, 1.54) is 0 Å². The third-order valence-electron chi connectivity index (χ3n) is 4.42. The number of carboxylic acids is 1. The highest BCUT2D eigenvalue weighted by Crippen LogP contribution is 2.23. The van der Waals surface area contributed by atoms with Crippen LogP contribution in [-0.2, 0) is 4.79 Å². The Kier molecular flexibility index (Phi) is 6.98. The molecular weight excluding hydrogens is 415 g/mol. The minimum absolute atomic E-state index is 0.0116. The molecule has 1 amide bonds. The Hall–Kier alpha value is -3.50. The van der Waals surface area contributed by atoms with Crippen molar-refractivity contribution in [3.8, 4) is 11.5 Å². The van der Waals surface area contributed by atoms with Crippen molar-refractivity contribution in [2.75, 3.05) is 0 Å². The smallest absolute Gasteiger partial charge is 0.475 e. The van der Waals surface area contributed by atoms with Gasteiger partial charge in [0.1, 0.15) is 5.69 Å². The minimum atomic E-state index is -5.08. The normalized spacial score (nSPS) is 12.6. The van der Waals surface area contributed by atoms with E-state index in [0.29, 0.717) is 17.3 Å². The first-order valence-corrected chi connectivity index (χ1v) is 9.18. The summed E-state index contributed by atoms with van der Waals surface area (Å²) in [7, 11) is 0. The summed E-state index contributed by atoms with van der Waals surface area (Å²) in [4.78, 5) is 34.6. The van der Waals surface area contributed by atoms with E-state index in [-0.39, 0.29) is 17.4 Å². The highest BCUT2D eigenvalue weighted by atomic mass is 19.4. The van der Waals surface area contributed by atoms with Crippen molar-refractivity contribution < 1.29 is 27.9 Å². The van der Waals surface area contributed by atoms with Crippen LogP contribution in [-0.4, -0.2) is 48.6 Å². The van der Waals surface area contributed by atoms with Crippen LogP contribution in [0.15, 0.2) is 42.9 Å². The lowest BCUT2D eigenvalue weighted by molar-refractivity contribution is -0.192. The van der Waals surface area contributed by atoms with Crippen molar-refractivity contribution in [2.24, 2.45) is 5.41 Å². The summed E-state index contributed by atoms with van der Waals surface area (Å²) in [6.07, 6.45) is 0.0706. The zero-order chi connectivity index (χ0) is 23.4. The number of nitrogens with one attached hydrogen (secondary N) is 1. The van der Waals surface area contributed by atoms with Crippen LogP contribution in [0, 0.1) is 5.41 Å². The highest BCUT2D eigenvalue weighted by molar-refractivity contribution is 5.94. The number of carboxylic acid groups (broad SMARTS) is 1. The summed E-state index contributed by atoms with van der Waals surface area (Å²) in [6, 6.07) is 7.44. The van der Waals surface area contributed by atoms with Crippen LogP contribution in [0.1, 0.15) is 38.3 Å². The maximum absolute atomic E-state index is 12.7. The van der Waals surface area contributed by atoms with Crippen molar-refractivity contribution in [2.45, 2.75) is 39.9 Å². The van der Waals surface area contributed by atoms with E-state index >= 15 is 0 Å². The molecule has 0 saturated heterocycles. The van der Waals surface area contributed by atoms with Crippen LogP contribution in [0.5, 0.6) is 0 Å². The lowest BCUT2D eigenvalue weighted by atomic mass is 9.88. The lowest BCUT2D eigenvalue weighted by Gasteiger charge is -2.27. The number of fused-ring (bicyclic) bond motifs is 1. The quantitative estimate of drug-likeness (QED) is 0.648. The maximum atomic E-state index is 12.7. The number of rotatable bonds is 3. The van der Waals surface area contributed by atoms with Crippen LogP contribution in [0.25, 0.3) is 17.0 Å². The molecule has 1 unspecified atom stereocenters. The number of carbonyl (C=O) groups excluding carboxylic acids is 1. The van der Waals surface area contributed by atoms with E-state index in [0.717, 1.165) is 5.52 Å². The van der Waals surface area contributed by atoms with Crippen LogP contribution < -0.4 is 5.32 Å². The molecule has 0 aliphatic carbocycles. The van der Waals surface area contributed by atoms with Gasteiger partial charge in [-0.1, -0.05) is 26.8 Å². The van der Waals surface area contributed by atoms with Gasteiger partial charge >= 0.3 is 12.1 Å². The monoisotopic (exact) mass is 437 g/mol. The Balaban J connectivity index is 0.000000423. The molecule has 1 atom stereocenters. The molecule has 0 spiro atoms. The summed E-state index contributed by atoms with van der Waals surface area (Å²) >= 11 is 0. The molecule has 3 heterocycles. The van der Waals surface area contributed by atoms with Gasteiger partial charge in [0.05, 0.1) is 5.52 Å². The predicted octanol–water partition coefficient (Wildman–Crippen LogP) is 3.59. The molecule has 3 aromatic rings. The van der Waals surface area contributed by atoms with E-state index in [9.17, 15) is 18.0 Å². The van der Waals surface area contributed by atoms with Gasteiger partial charge in [-0.15, -0.1) is 0 Å². The second kappa shape index (κ2) is 9.11. The fourth-order valence-electron chi connectivity index (χ4n) is 2.26. The predicted molar refractivity (Wildman–Crippen MR) is 106 cm³/mol. The van der Waals surface area contributed by atoms with Gasteiger partial charge in [-0.2, -0.15) is 13.2 Å². The number of carbonyl (C=O) groups is 2. The molecular formula is C20H22F3N5O3. The second-order valence-corrected chi connectivity index (χ2v) is 7.68. The third kappa shape index (κ3) is 6.00. The molecule has 3 rings (SSSR count). The maximum Gasteiger partial charge on any atom is 0.490 e. The topological polar surface area (TPSA) is 109 Å². The molecule has 2 N–H and O–H groups in total. The molecule has 0 saturated carbocycles. The van der Waals surface area contributed by atoms with Gasteiger partial charge < -0.3 is 10.4 Å². The zero-order valence-electron chi connectivity index (χ0n) is 17.3. The molecule has 0 fully saturated rings. The largest absolute Gasteiger partial charge is 0.490 e. The van der Waals surface area contributed by atoms with Crippen LogP contribution in [0.3, 0.4) is 0 Å². The fourth-order valence-corrected chi connectivity index (χ4v) is 2.26. The average Bonchev–Trinajstić information content (AvgIpc) is 3.07. The fraction of sp³-hybridized carbons (Fsp3) is 0.350. The molecule has 166 valence electrons. The van der Waals surface area contributed by atoms with Gasteiger partial charge in [0.15, 0.2) is 5.82 Å². The number of alkyl halides is 3.